The fourth-order valence-corrected chi connectivity index (χ4v) is 13.7. The van der Waals surface area contributed by atoms with Crippen molar-refractivity contribution in [1.29, 1.82) is 0 Å². The zero-order valence-electron chi connectivity index (χ0n) is 34.1. The van der Waals surface area contributed by atoms with Gasteiger partial charge in [-0.05, 0) is 157 Å². The Hall–Kier alpha value is -6.84. The minimum atomic E-state index is 0.142. The summed E-state index contributed by atoms with van der Waals surface area (Å²) in [6.07, 6.45) is 7.03. The number of fused-ring (bicyclic) bond motifs is 9. The Morgan fingerprint density at radius 1 is 0.361 bits per heavy atom. The van der Waals surface area contributed by atoms with Gasteiger partial charge >= 0.3 is 0 Å². The summed E-state index contributed by atoms with van der Waals surface area (Å²) < 4.78 is 4.85. The van der Waals surface area contributed by atoms with Crippen LogP contribution in [0.4, 0.5) is 17.1 Å². The van der Waals surface area contributed by atoms with Crippen LogP contribution in [0.2, 0.25) is 0 Å². The molecule has 3 nitrogen and oxygen atoms in total. The average Bonchev–Trinajstić information content (AvgIpc) is 3.93. The van der Waals surface area contributed by atoms with E-state index in [4.69, 9.17) is 0 Å². The summed E-state index contributed by atoms with van der Waals surface area (Å²) in [5.74, 6) is 3.33. The fraction of sp³-hybridized carbons (Fsp3) is 0.172. The second kappa shape index (κ2) is 12.6. The van der Waals surface area contributed by atoms with E-state index in [2.05, 4.69) is 202 Å². The summed E-state index contributed by atoms with van der Waals surface area (Å²) in [4.78, 5) is 2.50. The van der Waals surface area contributed by atoms with Crippen molar-refractivity contribution in [3.63, 3.8) is 0 Å². The quantitative estimate of drug-likeness (QED) is 0.169. The number of anilines is 3. The van der Waals surface area contributed by atoms with E-state index in [1.165, 1.54) is 92.5 Å². The highest BCUT2D eigenvalue weighted by Crippen LogP contribution is 2.69. The summed E-state index contributed by atoms with van der Waals surface area (Å²) in [6, 6.07) is 70.7. The van der Waals surface area contributed by atoms with Crippen LogP contribution >= 0.6 is 0 Å². The van der Waals surface area contributed by atoms with E-state index >= 15 is 0 Å². The van der Waals surface area contributed by atoms with Gasteiger partial charge in [-0.15, -0.1) is 0 Å². The van der Waals surface area contributed by atoms with Crippen LogP contribution in [0.1, 0.15) is 43.2 Å². The lowest BCUT2D eigenvalue weighted by atomic mass is 9.43. The molecule has 3 heteroatoms. The van der Waals surface area contributed by atoms with Crippen LogP contribution in [-0.2, 0) is 5.41 Å². The molecule has 2 heterocycles. The number of para-hydroxylation sites is 4. The molecule has 61 heavy (non-hydrogen) atoms. The molecule has 0 saturated heterocycles. The van der Waals surface area contributed by atoms with E-state index in [1.54, 1.807) is 11.1 Å². The first-order valence-corrected chi connectivity index (χ1v) is 22.4. The molecule has 0 aliphatic heterocycles. The Labute approximate surface area is 356 Å². The van der Waals surface area contributed by atoms with Gasteiger partial charge in [0.15, 0.2) is 0 Å². The molecule has 0 radical (unpaired) electrons. The zero-order valence-corrected chi connectivity index (χ0v) is 34.1. The van der Waals surface area contributed by atoms with Gasteiger partial charge < -0.3 is 14.0 Å². The third-order valence-corrected chi connectivity index (χ3v) is 15.7. The van der Waals surface area contributed by atoms with Gasteiger partial charge in [0.05, 0.1) is 22.1 Å². The minimum absolute atomic E-state index is 0.142. The number of nitrogens with zero attached hydrogens (tertiary/aromatic N) is 3. The lowest BCUT2D eigenvalue weighted by Crippen LogP contribution is -2.55. The van der Waals surface area contributed by atoms with E-state index in [-0.39, 0.29) is 5.41 Å². The molecule has 5 aliphatic rings. The van der Waals surface area contributed by atoms with E-state index in [9.17, 15) is 0 Å². The average molecular weight is 784 g/mol. The lowest BCUT2D eigenvalue weighted by Gasteiger charge is -2.61. The largest absolute Gasteiger partial charge is 0.310 e. The molecule has 4 saturated carbocycles. The summed E-state index contributed by atoms with van der Waals surface area (Å²) in [7, 11) is 0. The minimum Gasteiger partial charge on any atom is -0.310 e. The number of hydrogen-bond acceptors (Lipinski definition) is 1. The molecular weight excluding hydrogens is 739 g/mol. The van der Waals surface area contributed by atoms with Crippen molar-refractivity contribution in [1.82, 2.24) is 9.13 Å². The van der Waals surface area contributed by atoms with Crippen LogP contribution in [0, 0.1) is 23.7 Å². The van der Waals surface area contributed by atoms with E-state index in [0.717, 1.165) is 46.4 Å². The molecule has 292 valence electrons. The van der Waals surface area contributed by atoms with Crippen molar-refractivity contribution >= 4 is 60.7 Å². The zero-order chi connectivity index (χ0) is 39.8. The maximum absolute atomic E-state index is 2.56. The Morgan fingerprint density at radius 2 is 0.836 bits per heavy atom. The van der Waals surface area contributed by atoms with Crippen LogP contribution in [-0.4, -0.2) is 9.13 Å². The highest BCUT2D eigenvalue weighted by molar-refractivity contribution is 6.10. The highest BCUT2D eigenvalue weighted by atomic mass is 15.1. The Kier molecular flexibility index (Phi) is 7.01. The second-order valence-corrected chi connectivity index (χ2v) is 18.6. The van der Waals surface area contributed by atoms with Gasteiger partial charge in [-0.3, -0.25) is 0 Å². The van der Waals surface area contributed by atoms with Crippen LogP contribution in [0.5, 0.6) is 0 Å². The highest BCUT2D eigenvalue weighted by Gasteiger charge is 2.61. The Balaban J connectivity index is 0.964. The van der Waals surface area contributed by atoms with Gasteiger partial charge in [-0.25, -0.2) is 0 Å². The normalized spacial score (nSPS) is 22.2. The summed E-state index contributed by atoms with van der Waals surface area (Å²) >= 11 is 0. The second-order valence-electron chi connectivity index (χ2n) is 18.6. The van der Waals surface area contributed by atoms with Crippen LogP contribution in [0.15, 0.2) is 188 Å². The number of aromatic nitrogens is 2. The topological polar surface area (TPSA) is 13.1 Å². The van der Waals surface area contributed by atoms with Gasteiger partial charge in [0.25, 0.3) is 0 Å². The molecule has 4 fully saturated rings. The molecule has 4 bridgehead atoms. The maximum atomic E-state index is 2.56. The van der Waals surface area contributed by atoms with Crippen molar-refractivity contribution in [2.24, 2.45) is 23.7 Å². The monoisotopic (exact) mass is 783 g/mol. The summed E-state index contributed by atoms with van der Waals surface area (Å²) in [5, 5.41) is 5.11. The van der Waals surface area contributed by atoms with Crippen molar-refractivity contribution in [3.8, 4) is 22.5 Å². The fourth-order valence-electron chi connectivity index (χ4n) is 13.7. The predicted molar refractivity (Wildman–Crippen MR) is 253 cm³/mol. The Morgan fingerprint density at radius 3 is 1.43 bits per heavy atom. The van der Waals surface area contributed by atoms with Crippen LogP contribution in [0.3, 0.4) is 0 Å². The molecular formula is C58H45N3. The molecule has 0 atom stereocenters. The van der Waals surface area contributed by atoms with E-state index in [1.807, 2.05) is 0 Å². The van der Waals surface area contributed by atoms with Crippen molar-refractivity contribution in [2.75, 3.05) is 4.90 Å². The molecule has 0 unspecified atom stereocenters. The third kappa shape index (κ3) is 4.64. The molecule has 8 aromatic carbocycles. The first kappa shape index (κ1) is 33.9. The number of rotatable bonds is 5. The van der Waals surface area contributed by atoms with Crippen molar-refractivity contribution < 1.29 is 0 Å². The van der Waals surface area contributed by atoms with Gasteiger partial charge in [0, 0.05) is 55.4 Å². The molecule has 1 spiro atoms. The van der Waals surface area contributed by atoms with Gasteiger partial charge in [-0.2, -0.15) is 0 Å². The number of hydrogen-bond donors (Lipinski definition) is 0. The van der Waals surface area contributed by atoms with E-state index < -0.39 is 0 Å². The van der Waals surface area contributed by atoms with Crippen LogP contribution in [0.25, 0.3) is 66.1 Å². The lowest BCUT2D eigenvalue weighted by molar-refractivity contribution is -0.0399. The van der Waals surface area contributed by atoms with Crippen molar-refractivity contribution in [2.45, 2.75) is 37.5 Å². The molecule has 15 rings (SSSR count). The maximum Gasteiger partial charge on any atom is 0.0541 e. The first-order chi connectivity index (χ1) is 30.2. The van der Waals surface area contributed by atoms with Gasteiger partial charge in [0.2, 0.25) is 0 Å². The summed E-state index contributed by atoms with van der Waals surface area (Å²) in [5.41, 5.74) is 16.9. The van der Waals surface area contributed by atoms with Crippen LogP contribution < -0.4 is 4.90 Å². The number of benzene rings is 8. The molecule has 2 aromatic heterocycles. The van der Waals surface area contributed by atoms with Gasteiger partial charge in [0.1, 0.15) is 0 Å². The van der Waals surface area contributed by atoms with E-state index in [0.29, 0.717) is 0 Å². The molecule has 5 aliphatic carbocycles. The molecule has 0 N–H and O–H groups in total. The van der Waals surface area contributed by atoms with Gasteiger partial charge in [-0.1, -0.05) is 109 Å². The summed E-state index contributed by atoms with van der Waals surface area (Å²) in [6.45, 7) is 0. The SMILES string of the molecule is c1cc(N(c2ccc(-n3c4ccccc4c4ccccc43)cc2)c2ccc3c(c2)-c2ccccc2C32C3CC4CC(C3)CC2C4)cc(-n2c3ccccc3c3ccccc32)c1. The first-order valence-electron chi connectivity index (χ1n) is 22.4. The van der Waals surface area contributed by atoms with Crippen molar-refractivity contribution in [3.05, 3.63) is 199 Å². The predicted octanol–water partition coefficient (Wildman–Crippen LogP) is 15.1. The standard InChI is InChI=1S/C58H45N3/c1-6-19-52-46(14-1)51-36-45(28-29-53(51)58(52)39-31-37-30-38(33-39)34-40(58)32-37)59(41-24-26-42(27-25-41)60-54-20-7-2-15-47(54)48-16-3-8-21-55(48)60)43-12-11-13-44(35-43)61-56-22-9-4-17-49(56)50-18-5-10-23-57(50)61/h1-29,35-40H,30-34H2. The molecule has 0 amide bonds. The smallest absolute Gasteiger partial charge is 0.0541 e. The molecule has 10 aromatic rings. The Bertz CT molecular complexity index is 3260. The third-order valence-electron chi connectivity index (χ3n) is 15.7.